The van der Waals surface area contributed by atoms with Crippen LogP contribution < -0.4 is 5.32 Å². The van der Waals surface area contributed by atoms with Gasteiger partial charge in [-0.25, -0.2) is 0 Å². The van der Waals surface area contributed by atoms with E-state index in [0.29, 0.717) is 13.0 Å². The molecule has 98 valence electrons. The molecule has 6 heteroatoms. The number of thiophene rings is 1. The van der Waals surface area contributed by atoms with Gasteiger partial charge in [-0.05, 0) is 45.2 Å². The van der Waals surface area contributed by atoms with Crippen molar-refractivity contribution >= 4 is 21.5 Å². The van der Waals surface area contributed by atoms with E-state index in [1.807, 2.05) is 17.5 Å². The first-order chi connectivity index (χ1) is 7.73. The molecule has 0 aliphatic carbocycles. The second kappa shape index (κ2) is 5.48. The molecule has 0 saturated heterocycles. The Hall–Kier alpha value is -0.430. The molecule has 1 aromatic rings. The SMILES string of the molecule is CC(CCNC(C)(C)c1cccs1)S(=O)(=O)O. The molecule has 4 nitrogen and oxygen atoms in total. The van der Waals surface area contributed by atoms with Crippen molar-refractivity contribution in [2.45, 2.75) is 38.0 Å². The van der Waals surface area contributed by atoms with Crippen molar-refractivity contribution < 1.29 is 13.0 Å². The first-order valence-corrected chi connectivity index (χ1v) is 7.87. The molecule has 1 aromatic heterocycles. The Labute approximate surface area is 107 Å². The van der Waals surface area contributed by atoms with Crippen LogP contribution in [0.3, 0.4) is 0 Å². The van der Waals surface area contributed by atoms with Crippen molar-refractivity contribution in [3.8, 4) is 0 Å². The van der Waals surface area contributed by atoms with Gasteiger partial charge in [0.2, 0.25) is 0 Å². The molecule has 0 aromatic carbocycles. The zero-order valence-corrected chi connectivity index (χ0v) is 11.9. The number of hydrogen-bond donors (Lipinski definition) is 2. The zero-order chi connectivity index (χ0) is 13.1. The van der Waals surface area contributed by atoms with Crippen molar-refractivity contribution in [1.82, 2.24) is 5.32 Å². The molecule has 1 atom stereocenters. The van der Waals surface area contributed by atoms with E-state index in [1.54, 1.807) is 11.3 Å². The first-order valence-electron chi connectivity index (χ1n) is 5.49. The van der Waals surface area contributed by atoms with Gasteiger partial charge in [0.1, 0.15) is 0 Å². The van der Waals surface area contributed by atoms with Gasteiger partial charge in [-0.1, -0.05) is 6.07 Å². The van der Waals surface area contributed by atoms with Crippen LogP contribution in [-0.2, 0) is 15.7 Å². The Morgan fingerprint density at radius 2 is 2.18 bits per heavy atom. The van der Waals surface area contributed by atoms with Gasteiger partial charge in [0.15, 0.2) is 0 Å². The van der Waals surface area contributed by atoms with Crippen molar-refractivity contribution in [3.05, 3.63) is 22.4 Å². The summed E-state index contributed by atoms with van der Waals surface area (Å²) in [6.45, 7) is 6.16. The molecule has 0 aliphatic heterocycles. The van der Waals surface area contributed by atoms with E-state index >= 15 is 0 Å². The second-order valence-corrected chi connectivity index (χ2v) is 7.43. The quantitative estimate of drug-likeness (QED) is 0.783. The monoisotopic (exact) mass is 277 g/mol. The zero-order valence-electron chi connectivity index (χ0n) is 10.3. The van der Waals surface area contributed by atoms with E-state index < -0.39 is 15.4 Å². The van der Waals surface area contributed by atoms with Crippen LogP contribution in [-0.4, -0.2) is 24.8 Å². The molecule has 1 unspecified atom stereocenters. The summed E-state index contributed by atoms with van der Waals surface area (Å²) in [6, 6.07) is 4.04. The molecule has 0 aliphatic rings. The maximum absolute atomic E-state index is 10.8. The molecule has 0 spiro atoms. The minimum absolute atomic E-state index is 0.174. The van der Waals surface area contributed by atoms with E-state index in [9.17, 15) is 8.42 Å². The van der Waals surface area contributed by atoms with E-state index in [-0.39, 0.29) is 5.54 Å². The third-order valence-electron chi connectivity index (χ3n) is 2.76. The minimum atomic E-state index is -3.91. The lowest BCUT2D eigenvalue weighted by Crippen LogP contribution is -2.38. The Bertz CT molecular complexity index is 437. The Kier molecular flexibility index (Phi) is 4.71. The maximum Gasteiger partial charge on any atom is 0.267 e. The largest absolute Gasteiger partial charge is 0.307 e. The van der Waals surface area contributed by atoms with Crippen LogP contribution in [0.15, 0.2) is 17.5 Å². The average molecular weight is 277 g/mol. The van der Waals surface area contributed by atoms with Gasteiger partial charge in [-0.15, -0.1) is 11.3 Å². The highest BCUT2D eigenvalue weighted by Gasteiger charge is 2.22. The predicted octanol–water partition coefficient (Wildman–Crippen LogP) is 2.24. The fraction of sp³-hybridized carbons (Fsp3) is 0.636. The standard InChI is InChI=1S/C11H19NO3S2/c1-9(17(13,14)15)6-7-12-11(2,3)10-5-4-8-16-10/h4-5,8-9,12H,6-7H2,1-3H3,(H,13,14,15). The van der Waals surface area contributed by atoms with Gasteiger partial charge in [0.05, 0.1) is 5.25 Å². The van der Waals surface area contributed by atoms with E-state index in [2.05, 4.69) is 19.2 Å². The summed E-state index contributed by atoms with van der Waals surface area (Å²) >= 11 is 1.66. The predicted molar refractivity (Wildman–Crippen MR) is 71.0 cm³/mol. The molecule has 1 rings (SSSR count). The molecule has 0 saturated carbocycles. The summed E-state index contributed by atoms with van der Waals surface area (Å²) in [7, 11) is -3.91. The highest BCUT2D eigenvalue weighted by Crippen LogP contribution is 2.24. The van der Waals surface area contributed by atoms with Crippen LogP contribution in [0.4, 0.5) is 0 Å². The van der Waals surface area contributed by atoms with E-state index in [1.165, 1.54) is 11.8 Å². The topological polar surface area (TPSA) is 66.4 Å². The van der Waals surface area contributed by atoms with Gasteiger partial charge in [0.25, 0.3) is 10.1 Å². The van der Waals surface area contributed by atoms with Gasteiger partial charge in [0, 0.05) is 10.4 Å². The molecule has 2 N–H and O–H groups in total. The lowest BCUT2D eigenvalue weighted by Gasteiger charge is -2.25. The molecule has 0 amide bonds. The van der Waals surface area contributed by atoms with Gasteiger partial charge >= 0.3 is 0 Å². The summed E-state index contributed by atoms with van der Waals surface area (Å²) in [5.41, 5.74) is -0.174. The highest BCUT2D eigenvalue weighted by atomic mass is 32.2. The molecular weight excluding hydrogens is 258 g/mol. The summed E-state index contributed by atoms with van der Waals surface area (Å²) in [4.78, 5) is 1.21. The van der Waals surface area contributed by atoms with Crippen molar-refractivity contribution in [1.29, 1.82) is 0 Å². The van der Waals surface area contributed by atoms with E-state index in [0.717, 1.165) is 0 Å². The van der Waals surface area contributed by atoms with Crippen LogP contribution in [0.5, 0.6) is 0 Å². The molecule has 1 heterocycles. The maximum atomic E-state index is 10.8. The van der Waals surface area contributed by atoms with Crippen molar-refractivity contribution in [2.24, 2.45) is 0 Å². The number of hydrogen-bond acceptors (Lipinski definition) is 4. The fourth-order valence-electron chi connectivity index (χ4n) is 1.46. The third-order valence-corrected chi connectivity index (χ3v) is 5.21. The van der Waals surface area contributed by atoms with Gasteiger partial charge < -0.3 is 5.32 Å². The van der Waals surface area contributed by atoms with Crippen LogP contribution >= 0.6 is 11.3 Å². The minimum Gasteiger partial charge on any atom is -0.307 e. The highest BCUT2D eigenvalue weighted by molar-refractivity contribution is 7.86. The number of rotatable bonds is 6. The third kappa shape index (κ3) is 4.39. The molecule has 0 bridgehead atoms. The molecule has 0 fully saturated rings. The van der Waals surface area contributed by atoms with Crippen LogP contribution in [0, 0.1) is 0 Å². The van der Waals surface area contributed by atoms with Crippen molar-refractivity contribution in [2.75, 3.05) is 6.54 Å². The Balaban J connectivity index is 2.47. The smallest absolute Gasteiger partial charge is 0.267 e. The van der Waals surface area contributed by atoms with Gasteiger partial charge in [-0.2, -0.15) is 8.42 Å². The Morgan fingerprint density at radius 3 is 2.65 bits per heavy atom. The average Bonchev–Trinajstić information content (AvgIpc) is 2.68. The summed E-state index contributed by atoms with van der Waals surface area (Å²) in [5, 5.41) is 4.59. The lowest BCUT2D eigenvalue weighted by molar-refractivity contribution is 0.400. The number of nitrogens with one attached hydrogen (secondary N) is 1. The van der Waals surface area contributed by atoms with Crippen LogP contribution in [0.25, 0.3) is 0 Å². The van der Waals surface area contributed by atoms with Gasteiger partial charge in [-0.3, -0.25) is 4.55 Å². The molecular formula is C11H19NO3S2. The summed E-state index contributed by atoms with van der Waals surface area (Å²) < 4.78 is 30.5. The molecule has 0 radical (unpaired) electrons. The molecule has 17 heavy (non-hydrogen) atoms. The van der Waals surface area contributed by atoms with Crippen molar-refractivity contribution in [3.63, 3.8) is 0 Å². The van der Waals surface area contributed by atoms with E-state index in [4.69, 9.17) is 4.55 Å². The second-order valence-electron chi connectivity index (χ2n) is 4.64. The van der Waals surface area contributed by atoms with Crippen LogP contribution in [0.1, 0.15) is 32.1 Å². The normalized spacial score (nSPS) is 14.8. The first kappa shape index (κ1) is 14.6. The Morgan fingerprint density at radius 1 is 1.53 bits per heavy atom. The van der Waals surface area contributed by atoms with Crippen LogP contribution in [0.2, 0.25) is 0 Å². The lowest BCUT2D eigenvalue weighted by atomic mass is 10.0. The summed E-state index contributed by atoms with van der Waals surface area (Å²) in [6.07, 6.45) is 0.396. The fourth-order valence-corrected chi connectivity index (χ4v) is 2.70. The summed E-state index contributed by atoms with van der Waals surface area (Å²) in [5.74, 6) is 0.